The van der Waals surface area contributed by atoms with Crippen LogP contribution in [0.3, 0.4) is 0 Å². The van der Waals surface area contributed by atoms with E-state index in [0.717, 1.165) is 0 Å². The lowest BCUT2D eigenvalue weighted by Crippen LogP contribution is -2.31. The lowest BCUT2D eigenvalue weighted by atomic mass is 10.1. The molecule has 0 saturated heterocycles. The summed E-state index contributed by atoms with van der Waals surface area (Å²) in [5.74, 6) is -0.375. The van der Waals surface area contributed by atoms with Gasteiger partial charge in [-0.05, 0) is 24.3 Å². The van der Waals surface area contributed by atoms with E-state index in [-0.39, 0.29) is 30.2 Å². The fourth-order valence-corrected chi connectivity index (χ4v) is 1.92. The van der Waals surface area contributed by atoms with Crippen molar-refractivity contribution in [3.63, 3.8) is 0 Å². The molecule has 4 nitrogen and oxygen atoms in total. The van der Waals surface area contributed by atoms with E-state index in [1.54, 1.807) is 30.3 Å². The summed E-state index contributed by atoms with van der Waals surface area (Å²) in [4.78, 5) is 14.0. The number of carbonyl (C=O) groups is 1. The zero-order valence-corrected chi connectivity index (χ0v) is 10.9. The molecule has 20 heavy (non-hydrogen) atoms. The molecule has 0 radical (unpaired) electrons. The SMILES string of the molecule is N#CCCN(C(=O)c1ccccc1O)c1ccccc1. The van der Waals surface area contributed by atoms with Crippen LogP contribution in [0.15, 0.2) is 54.6 Å². The molecule has 1 amide bonds. The monoisotopic (exact) mass is 266 g/mol. The van der Waals surface area contributed by atoms with Gasteiger partial charge in [0.05, 0.1) is 18.1 Å². The number of benzene rings is 2. The van der Waals surface area contributed by atoms with Crippen molar-refractivity contribution in [2.24, 2.45) is 0 Å². The summed E-state index contributed by atoms with van der Waals surface area (Å²) in [6.45, 7) is 0.285. The molecule has 2 aromatic rings. The molecule has 0 saturated carbocycles. The Balaban J connectivity index is 2.35. The van der Waals surface area contributed by atoms with Crippen molar-refractivity contribution >= 4 is 11.6 Å². The van der Waals surface area contributed by atoms with Gasteiger partial charge in [0, 0.05) is 12.2 Å². The summed E-state index contributed by atoms with van der Waals surface area (Å²) in [6.07, 6.45) is 0.230. The molecular weight excluding hydrogens is 252 g/mol. The topological polar surface area (TPSA) is 64.3 Å². The van der Waals surface area contributed by atoms with Gasteiger partial charge in [-0.15, -0.1) is 0 Å². The third-order valence-electron chi connectivity index (χ3n) is 2.89. The molecule has 100 valence electrons. The fourth-order valence-electron chi connectivity index (χ4n) is 1.92. The Hall–Kier alpha value is -2.80. The third-order valence-corrected chi connectivity index (χ3v) is 2.89. The minimum Gasteiger partial charge on any atom is -0.507 e. The second-order valence-corrected chi connectivity index (χ2v) is 4.22. The van der Waals surface area contributed by atoms with Gasteiger partial charge in [-0.3, -0.25) is 4.79 Å². The van der Waals surface area contributed by atoms with Crippen LogP contribution in [0.25, 0.3) is 0 Å². The van der Waals surface area contributed by atoms with Gasteiger partial charge in [0.25, 0.3) is 5.91 Å². The second-order valence-electron chi connectivity index (χ2n) is 4.22. The number of para-hydroxylation sites is 2. The quantitative estimate of drug-likeness (QED) is 0.925. The molecule has 2 aromatic carbocycles. The largest absolute Gasteiger partial charge is 0.507 e. The van der Waals surface area contributed by atoms with Crippen molar-refractivity contribution in [1.29, 1.82) is 5.26 Å². The van der Waals surface area contributed by atoms with Gasteiger partial charge in [-0.2, -0.15) is 5.26 Å². The molecule has 0 heterocycles. The van der Waals surface area contributed by atoms with Gasteiger partial charge in [-0.25, -0.2) is 0 Å². The summed E-state index contributed by atoms with van der Waals surface area (Å²) in [5, 5.41) is 18.5. The molecule has 0 fully saturated rings. The van der Waals surface area contributed by atoms with E-state index in [1.165, 1.54) is 11.0 Å². The number of phenols is 1. The standard InChI is InChI=1S/C16H14N2O2/c17-11-6-12-18(13-7-2-1-3-8-13)16(20)14-9-4-5-10-15(14)19/h1-5,7-10,19H,6,12H2. The van der Waals surface area contributed by atoms with Crippen LogP contribution >= 0.6 is 0 Å². The Morgan fingerprint density at radius 2 is 1.75 bits per heavy atom. The molecular formula is C16H14N2O2. The Morgan fingerprint density at radius 3 is 2.40 bits per heavy atom. The van der Waals surface area contributed by atoms with Crippen LogP contribution in [0.2, 0.25) is 0 Å². The molecule has 0 aliphatic carbocycles. The van der Waals surface area contributed by atoms with Crippen LogP contribution in [0.1, 0.15) is 16.8 Å². The summed E-state index contributed by atoms with van der Waals surface area (Å²) in [6, 6.07) is 17.5. The lowest BCUT2D eigenvalue weighted by molar-refractivity contribution is 0.0985. The first-order valence-corrected chi connectivity index (χ1v) is 6.26. The number of rotatable bonds is 4. The van der Waals surface area contributed by atoms with Crippen LogP contribution in [0.5, 0.6) is 5.75 Å². The number of amides is 1. The zero-order valence-electron chi connectivity index (χ0n) is 10.9. The van der Waals surface area contributed by atoms with Gasteiger partial charge in [0.15, 0.2) is 0 Å². The van der Waals surface area contributed by atoms with Gasteiger partial charge in [0.1, 0.15) is 5.75 Å². The summed E-state index contributed by atoms with van der Waals surface area (Å²) in [5.41, 5.74) is 0.935. The number of nitrogens with zero attached hydrogens (tertiary/aromatic N) is 2. The van der Waals surface area contributed by atoms with Gasteiger partial charge in [0.2, 0.25) is 0 Å². The first-order valence-electron chi connectivity index (χ1n) is 6.26. The Kier molecular flexibility index (Phi) is 4.35. The van der Waals surface area contributed by atoms with E-state index in [9.17, 15) is 9.90 Å². The van der Waals surface area contributed by atoms with E-state index in [0.29, 0.717) is 5.69 Å². The third kappa shape index (κ3) is 2.96. The minimum absolute atomic E-state index is 0.0598. The number of aromatic hydroxyl groups is 1. The molecule has 0 atom stereocenters. The number of nitriles is 1. The highest BCUT2D eigenvalue weighted by atomic mass is 16.3. The van der Waals surface area contributed by atoms with Crippen molar-refractivity contribution in [2.75, 3.05) is 11.4 Å². The highest BCUT2D eigenvalue weighted by molar-refractivity contribution is 6.07. The molecule has 0 unspecified atom stereocenters. The van der Waals surface area contributed by atoms with Crippen LogP contribution in [-0.4, -0.2) is 17.6 Å². The average Bonchev–Trinajstić information content (AvgIpc) is 2.49. The van der Waals surface area contributed by atoms with Crippen molar-refractivity contribution < 1.29 is 9.90 Å². The Bertz CT molecular complexity index is 632. The van der Waals surface area contributed by atoms with Gasteiger partial charge >= 0.3 is 0 Å². The maximum absolute atomic E-state index is 12.5. The predicted molar refractivity (Wildman–Crippen MR) is 76.5 cm³/mol. The van der Waals surface area contributed by atoms with Crippen LogP contribution in [-0.2, 0) is 0 Å². The molecule has 2 rings (SSSR count). The lowest BCUT2D eigenvalue weighted by Gasteiger charge is -2.22. The smallest absolute Gasteiger partial charge is 0.262 e. The average molecular weight is 266 g/mol. The van der Waals surface area contributed by atoms with Gasteiger partial charge in [-0.1, -0.05) is 30.3 Å². The molecule has 0 bridgehead atoms. The summed E-state index contributed by atoms with van der Waals surface area (Å²) >= 11 is 0. The zero-order chi connectivity index (χ0) is 14.4. The number of phenolic OH excluding ortho intramolecular Hbond substituents is 1. The van der Waals surface area contributed by atoms with Crippen LogP contribution in [0.4, 0.5) is 5.69 Å². The minimum atomic E-state index is -0.315. The van der Waals surface area contributed by atoms with Crippen molar-refractivity contribution in [3.8, 4) is 11.8 Å². The Labute approximate surface area is 117 Å². The highest BCUT2D eigenvalue weighted by Crippen LogP contribution is 2.22. The second kappa shape index (κ2) is 6.39. The number of anilines is 1. The van der Waals surface area contributed by atoms with E-state index >= 15 is 0 Å². The molecule has 0 aliphatic rings. The number of hydrogen-bond acceptors (Lipinski definition) is 3. The van der Waals surface area contributed by atoms with Crippen molar-refractivity contribution in [3.05, 3.63) is 60.2 Å². The molecule has 0 aromatic heterocycles. The first-order chi connectivity index (χ1) is 9.74. The van der Waals surface area contributed by atoms with Crippen LogP contribution in [0, 0.1) is 11.3 Å². The summed E-state index contributed by atoms with van der Waals surface area (Å²) in [7, 11) is 0. The molecule has 0 spiro atoms. The number of hydrogen-bond donors (Lipinski definition) is 1. The normalized spacial score (nSPS) is 9.75. The molecule has 1 N–H and O–H groups in total. The predicted octanol–water partition coefficient (Wildman–Crippen LogP) is 2.95. The van der Waals surface area contributed by atoms with Crippen LogP contribution < -0.4 is 4.90 Å². The summed E-state index contributed by atoms with van der Waals surface area (Å²) < 4.78 is 0. The molecule has 0 aliphatic heterocycles. The number of carbonyl (C=O) groups excluding carboxylic acids is 1. The van der Waals surface area contributed by atoms with E-state index in [2.05, 4.69) is 0 Å². The Morgan fingerprint density at radius 1 is 1.10 bits per heavy atom. The maximum atomic E-state index is 12.5. The van der Waals surface area contributed by atoms with Gasteiger partial charge < -0.3 is 10.0 Å². The fraction of sp³-hybridized carbons (Fsp3) is 0.125. The van der Waals surface area contributed by atoms with E-state index in [1.807, 2.05) is 24.3 Å². The van der Waals surface area contributed by atoms with E-state index in [4.69, 9.17) is 5.26 Å². The van der Waals surface area contributed by atoms with Crippen molar-refractivity contribution in [1.82, 2.24) is 0 Å². The highest BCUT2D eigenvalue weighted by Gasteiger charge is 2.19. The van der Waals surface area contributed by atoms with E-state index < -0.39 is 0 Å². The maximum Gasteiger partial charge on any atom is 0.262 e. The van der Waals surface area contributed by atoms with Crippen molar-refractivity contribution in [2.45, 2.75) is 6.42 Å². The first kappa shape index (κ1) is 13.6. The molecule has 4 heteroatoms.